The van der Waals surface area contributed by atoms with Crippen molar-refractivity contribution >= 4 is 21.8 Å². The second-order valence-electron chi connectivity index (χ2n) is 6.06. The van der Waals surface area contributed by atoms with Crippen LogP contribution in [0.25, 0.3) is 32.9 Å². The molecule has 0 atom stereocenters. The van der Waals surface area contributed by atoms with Crippen LogP contribution >= 0.6 is 0 Å². The number of hydrogen-bond acceptors (Lipinski definition) is 1. The lowest BCUT2D eigenvalue weighted by Crippen LogP contribution is -2.30. The van der Waals surface area contributed by atoms with E-state index in [2.05, 4.69) is 0 Å². The standard InChI is InChI=1S/C21H15F3NO/c1-25-16-6-4-3-5-12(16)11-13-17(25)9-10-18(26-2)19(13)20-14(22)7-8-15(23)21(20)24/h3-11H,1-2H3/q+1. The number of halogens is 3. The summed E-state index contributed by atoms with van der Waals surface area (Å²) in [6, 6.07) is 14.7. The van der Waals surface area contributed by atoms with Gasteiger partial charge >= 0.3 is 0 Å². The van der Waals surface area contributed by atoms with Crippen molar-refractivity contribution < 1.29 is 22.5 Å². The number of aryl methyl sites for hydroxylation is 1. The molecule has 0 amide bonds. The van der Waals surface area contributed by atoms with Crippen molar-refractivity contribution in [2.45, 2.75) is 0 Å². The molecule has 5 heteroatoms. The van der Waals surface area contributed by atoms with Gasteiger partial charge in [-0.25, -0.2) is 13.2 Å². The summed E-state index contributed by atoms with van der Waals surface area (Å²) in [5, 5.41) is 1.48. The second-order valence-corrected chi connectivity index (χ2v) is 6.06. The van der Waals surface area contributed by atoms with Gasteiger partial charge in [-0.2, -0.15) is 4.57 Å². The SMILES string of the molecule is COc1ccc2c(cc3ccccc3[n+]2C)c1-c1c(F)ccc(F)c1F. The summed E-state index contributed by atoms with van der Waals surface area (Å²) in [6.45, 7) is 0. The summed E-state index contributed by atoms with van der Waals surface area (Å²) in [6.07, 6.45) is 0. The highest BCUT2D eigenvalue weighted by atomic mass is 19.2. The molecular formula is C21H15F3NO+. The third kappa shape index (κ3) is 2.31. The van der Waals surface area contributed by atoms with Crippen molar-refractivity contribution in [3.05, 3.63) is 72.0 Å². The smallest absolute Gasteiger partial charge is 0.213 e. The zero-order chi connectivity index (χ0) is 18.4. The van der Waals surface area contributed by atoms with E-state index in [1.165, 1.54) is 7.11 Å². The summed E-state index contributed by atoms with van der Waals surface area (Å²) in [7, 11) is 3.29. The molecule has 0 saturated carbocycles. The number of pyridine rings is 1. The lowest BCUT2D eigenvalue weighted by atomic mass is 9.96. The van der Waals surface area contributed by atoms with Gasteiger partial charge in [-0.05, 0) is 30.3 Å². The molecule has 26 heavy (non-hydrogen) atoms. The number of para-hydroxylation sites is 1. The van der Waals surface area contributed by atoms with Crippen molar-refractivity contribution in [3.63, 3.8) is 0 Å². The van der Waals surface area contributed by atoms with Crippen LogP contribution < -0.4 is 9.30 Å². The fraction of sp³-hybridized carbons (Fsp3) is 0.0952. The number of ether oxygens (including phenoxy) is 1. The van der Waals surface area contributed by atoms with Crippen LogP contribution in [-0.4, -0.2) is 7.11 Å². The van der Waals surface area contributed by atoms with Crippen LogP contribution in [0.3, 0.4) is 0 Å². The lowest BCUT2D eigenvalue weighted by Gasteiger charge is -2.14. The predicted molar refractivity (Wildman–Crippen MR) is 94.5 cm³/mol. The first kappa shape index (κ1) is 16.4. The molecule has 0 spiro atoms. The molecule has 0 unspecified atom stereocenters. The van der Waals surface area contributed by atoms with Crippen molar-refractivity contribution in [1.82, 2.24) is 0 Å². The number of nitrogens with zero attached hydrogens (tertiary/aromatic N) is 1. The van der Waals surface area contributed by atoms with E-state index in [0.717, 1.165) is 28.6 Å². The Kier molecular flexibility index (Phi) is 3.80. The molecule has 0 radical (unpaired) electrons. The lowest BCUT2D eigenvalue weighted by molar-refractivity contribution is -0.617. The summed E-state index contributed by atoms with van der Waals surface area (Å²) in [5.41, 5.74) is 1.49. The summed E-state index contributed by atoms with van der Waals surface area (Å²) >= 11 is 0. The molecule has 0 saturated heterocycles. The van der Waals surface area contributed by atoms with Gasteiger partial charge < -0.3 is 4.74 Å². The Balaban J connectivity index is 2.23. The highest BCUT2D eigenvalue weighted by Gasteiger charge is 2.24. The molecule has 130 valence electrons. The van der Waals surface area contributed by atoms with E-state index in [9.17, 15) is 13.2 Å². The van der Waals surface area contributed by atoms with Gasteiger partial charge in [0.25, 0.3) is 0 Å². The van der Waals surface area contributed by atoms with E-state index in [1.54, 1.807) is 6.07 Å². The van der Waals surface area contributed by atoms with E-state index < -0.39 is 23.0 Å². The van der Waals surface area contributed by atoms with Crippen LogP contribution in [0.5, 0.6) is 5.75 Å². The topological polar surface area (TPSA) is 13.1 Å². The fourth-order valence-corrected chi connectivity index (χ4v) is 3.41. The fourth-order valence-electron chi connectivity index (χ4n) is 3.41. The molecule has 0 aliphatic rings. The first-order valence-corrected chi connectivity index (χ1v) is 8.05. The van der Waals surface area contributed by atoms with E-state index in [0.29, 0.717) is 5.39 Å². The third-order valence-electron chi connectivity index (χ3n) is 4.66. The zero-order valence-corrected chi connectivity index (χ0v) is 14.2. The third-order valence-corrected chi connectivity index (χ3v) is 4.66. The first-order valence-electron chi connectivity index (χ1n) is 8.05. The van der Waals surface area contributed by atoms with Gasteiger partial charge in [0.2, 0.25) is 11.0 Å². The highest BCUT2D eigenvalue weighted by Crippen LogP contribution is 2.40. The Bertz CT molecular complexity index is 1170. The van der Waals surface area contributed by atoms with Crippen LogP contribution in [0.2, 0.25) is 0 Å². The molecular weight excluding hydrogens is 339 g/mol. The predicted octanol–water partition coefficient (Wildman–Crippen LogP) is 4.91. The normalized spacial score (nSPS) is 11.3. The maximum atomic E-state index is 14.5. The molecule has 0 fully saturated rings. The Morgan fingerprint density at radius 3 is 2.31 bits per heavy atom. The number of benzene rings is 3. The summed E-state index contributed by atoms with van der Waals surface area (Å²) < 4.78 is 50.1. The number of aromatic nitrogens is 1. The minimum atomic E-state index is -1.23. The van der Waals surface area contributed by atoms with Crippen LogP contribution in [0.1, 0.15) is 0 Å². The van der Waals surface area contributed by atoms with Crippen molar-refractivity contribution in [2.24, 2.45) is 7.05 Å². The van der Waals surface area contributed by atoms with Gasteiger partial charge in [-0.15, -0.1) is 0 Å². The van der Waals surface area contributed by atoms with Gasteiger partial charge in [0.15, 0.2) is 11.6 Å². The van der Waals surface area contributed by atoms with Crippen molar-refractivity contribution in [3.8, 4) is 16.9 Å². The minimum Gasteiger partial charge on any atom is -0.496 e. The second kappa shape index (κ2) is 6.02. The van der Waals surface area contributed by atoms with E-state index in [4.69, 9.17) is 4.74 Å². The summed E-state index contributed by atoms with van der Waals surface area (Å²) in [4.78, 5) is 0. The van der Waals surface area contributed by atoms with E-state index >= 15 is 0 Å². The zero-order valence-electron chi connectivity index (χ0n) is 14.2. The van der Waals surface area contributed by atoms with Crippen LogP contribution in [-0.2, 0) is 7.05 Å². The number of methoxy groups -OCH3 is 1. The monoisotopic (exact) mass is 354 g/mol. The first-order chi connectivity index (χ1) is 12.5. The molecule has 0 N–H and O–H groups in total. The van der Waals surface area contributed by atoms with Crippen LogP contribution in [0.15, 0.2) is 54.6 Å². The average molecular weight is 354 g/mol. The highest BCUT2D eigenvalue weighted by molar-refractivity contribution is 6.01. The Morgan fingerprint density at radius 2 is 1.54 bits per heavy atom. The van der Waals surface area contributed by atoms with Gasteiger partial charge in [0.05, 0.1) is 18.1 Å². The maximum absolute atomic E-state index is 14.5. The quantitative estimate of drug-likeness (QED) is 0.283. The molecule has 4 rings (SSSR count). The summed E-state index contributed by atoms with van der Waals surface area (Å²) in [5.74, 6) is -2.90. The molecule has 3 aromatic carbocycles. The Labute approximate surface area is 148 Å². The van der Waals surface area contributed by atoms with E-state index in [1.807, 2.05) is 48.0 Å². The van der Waals surface area contributed by atoms with Crippen LogP contribution in [0.4, 0.5) is 13.2 Å². The molecule has 1 aromatic heterocycles. The van der Waals surface area contributed by atoms with Gasteiger partial charge in [-0.1, -0.05) is 12.1 Å². The molecule has 0 aliphatic carbocycles. The Hall–Kier alpha value is -3.08. The van der Waals surface area contributed by atoms with Crippen LogP contribution in [0, 0.1) is 17.5 Å². The Morgan fingerprint density at radius 1 is 0.808 bits per heavy atom. The minimum absolute atomic E-state index is 0.195. The maximum Gasteiger partial charge on any atom is 0.213 e. The van der Waals surface area contributed by atoms with Crippen molar-refractivity contribution in [2.75, 3.05) is 7.11 Å². The van der Waals surface area contributed by atoms with Crippen molar-refractivity contribution in [1.29, 1.82) is 0 Å². The van der Waals surface area contributed by atoms with Gasteiger partial charge in [-0.3, -0.25) is 0 Å². The van der Waals surface area contributed by atoms with E-state index in [-0.39, 0.29) is 11.3 Å². The molecule has 4 aromatic rings. The van der Waals surface area contributed by atoms with Gasteiger partial charge in [0.1, 0.15) is 18.6 Å². The number of rotatable bonds is 2. The largest absolute Gasteiger partial charge is 0.496 e. The van der Waals surface area contributed by atoms with Gasteiger partial charge in [0, 0.05) is 23.1 Å². The molecule has 0 bridgehead atoms. The molecule has 1 heterocycles. The number of fused-ring (bicyclic) bond motifs is 2. The molecule has 0 aliphatic heterocycles. The number of hydrogen-bond donors (Lipinski definition) is 0. The molecule has 2 nitrogen and oxygen atoms in total. The average Bonchev–Trinajstić information content (AvgIpc) is 2.65.